The van der Waals surface area contributed by atoms with Crippen molar-refractivity contribution in [2.24, 2.45) is 64.6 Å². The fourth-order valence-electron chi connectivity index (χ4n) is 11.9. The molecule has 0 saturated carbocycles. The Bertz CT molecular complexity index is 2350. The lowest BCUT2D eigenvalue weighted by molar-refractivity contribution is -0.321. The average molecular weight is 1180 g/mol. The van der Waals surface area contributed by atoms with Crippen LogP contribution in [0.4, 0.5) is 0 Å². The van der Waals surface area contributed by atoms with Crippen LogP contribution in [-0.2, 0) is 57.6 Å². The largest absolute Gasteiger partial charge is 0.396 e. The molecular formula is C64H109N7O13. The van der Waals surface area contributed by atoms with Gasteiger partial charge >= 0.3 is 0 Å². The molecule has 0 aromatic carbocycles. The van der Waals surface area contributed by atoms with E-state index < -0.39 is 160 Å². The Hall–Kier alpha value is -5.37. The summed E-state index contributed by atoms with van der Waals surface area (Å²) < 4.78 is 0. The van der Waals surface area contributed by atoms with Crippen LogP contribution in [0.15, 0.2) is 12.2 Å². The average Bonchev–Trinajstić information content (AvgIpc) is 2.34. The molecule has 3 N–H and O–H groups in total. The highest BCUT2D eigenvalue weighted by Crippen LogP contribution is 2.35. The maximum atomic E-state index is 15.0. The zero-order chi connectivity index (χ0) is 64.7. The quantitative estimate of drug-likeness (QED) is 0.155. The summed E-state index contributed by atoms with van der Waals surface area (Å²) in [5.74, 6) is -11.4. The number of nitrogens with zero attached hydrogens (tertiary/aromatic N) is 5. The summed E-state index contributed by atoms with van der Waals surface area (Å²) in [7, 11) is 5.87. The lowest BCUT2D eigenvalue weighted by atomic mass is 9.77. The van der Waals surface area contributed by atoms with E-state index in [1.165, 1.54) is 61.6 Å². The molecule has 2 saturated heterocycles. The Balaban J connectivity index is 2.91. The van der Waals surface area contributed by atoms with Crippen molar-refractivity contribution < 1.29 is 62.7 Å². The highest BCUT2D eigenvalue weighted by molar-refractivity contribution is 6.00. The molecule has 0 radical (unpaired) electrons. The van der Waals surface area contributed by atoms with E-state index in [1.807, 2.05) is 67.5 Å². The zero-order valence-corrected chi connectivity index (χ0v) is 55.2. The third-order valence-electron chi connectivity index (χ3n) is 17.0. The van der Waals surface area contributed by atoms with Crippen molar-refractivity contribution in [1.29, 1.82) is 0 Å². The number of ketones is 4. The van der Waals surface area contributed by atoms with E-state index in [1.54, 1.807) is 55.4 Å². The normalized spacial score (nSPS) is 29.2. The third kappa shape index (κ3) is 19.6. The molecule has 84 heavy (non-hydrogen) atoms. The Morgan fingerprint density at radius 3 is 1.57 bits per heavy atom. The van der Waals surface area contributed by atoms with Crippen molar-refractivity contribution in [1.82, 2.24) is 35.3 Å². The van der Waals surface area contributed by atoms with E-state index in [0.29, 0.717) is 6.42 Å². The number of carbonyl (C=O) groups excluding carboxylic acids is 11. The SMILES string of the molecule is C/C=C/C[C@@H](C)C1ON2C(=O)[C@H](C(C)C)N(C)C(=O)[C@H](CC(C)C)CC(=O)[C@H](CC(C)C)N(C)C(=O)[C@@H](C)NC(=O)[C@H](C)CC(=O)[C@H](CC(C)C)N(C)C(=O)[C@H](C(C)C)CC(=O)[C@H](C(C)(C)CO)N(C)C(=O)[C@@H](C)CC(=O)[C@H](CC)NC(=O)[C@H]12. The number of hydrogen-bond donors (Lipinski definition) is 3. The lowest BCUT2D eigenvalue weighted by Gasteiger charge is -2.50. The first kappa shape index (κ1) is 74.7. The second-order valence-electron chi connectivity index (χ2n) is 27.1. The minimum atomic E-state index is -1.27. The van der Waals surface area contributed by atoms with E-state index >= 15 is 0 Å². The summed E-state index contributed by atoms with van der Waals surface area (Å²) in [4.78, 5) is 171. The van der Waals surface area contributed by atoms with Crippen LogP contribution < -0.4 is 10.6 Å². The Kier molecular flexibility index (Phi) is 29.3. The first-order chi connectivity index (χ1) is 38.8. The number of fused-ring (bicyclic) bond motifs is 1. The number of carbonyl (C=O) groups is 11. The van der Waals surface area contributed by atoms with Crippen molar-refractivity contribution in [3.8, 4) is 0 Å². The predicted molar refractivity (Wildman–Crippen MR) is 323 cm³/mol. The number of nitrogens with one attached hydrogen (secondary N) is 2. The molecule has 20 nitrogen and oxygen atoms in total. The van der Waals surface area contributed by atoms with E-state index in [-0.39, 0.29) is 75.0 Å². The zero-order valence-electron chi connectivity index (χ0n) is 55.2. The van der Waals surface area contributed by atoms with Crippen molar-refractivity contribution in [3.05, 3.63) is 12.2 Å². The molecule has 7 amide bonds. The summed E-state index contributed by atoms with van der Waals surface area (Å²) >= 11 is 0. The number of hydroxylamine groups is 2. The minimum Gasteiger partial charge on any atom is -0.396 e. The van der Waals surface area contributed by atoms with Gasteiger partial charge in [-0.25, -0.2) is 5.06 Å². The lowest BCUT2D eigenvalue weighted by Crippen LogP contribution is -2.71. The van der Waals surface area contributed by atoms with Gasteiger partial charge in [0.25, 0.3) is 5.91 Å². The van der Waals surface area contributed by atoms with Crippen molar-refractivity contribution in [2.75, 3.05) is 34.8 Å². The maximum Gasteiger partial charge on any atom is 0.270 e. The highest BCUT2D eigenvalue weighted by Gasteiger charge is 2.54. The molecule has 0 aliphatic carbocycles. The predicted octanol–water partition coefficient (Wildman–Crippen LogP) is 6.63. The number of rotatable bonds is 14. The molecule has 2 heterocycles. The van der Waals surface area contributed by atoms with Gasteiger partial charge in [-0.3, -0.25) is 57.6 Å². The molecule has 0 aromatic heterocycles. The van der Waals surface area contributed by atoms with E-state index in [4.69, 9.17) is 4.84 Å². The molecule has 2 fully saturated rings. The monoisotopic (exact) mass is 1180 g/mol. The van der Waals surface area contributed by atoms with Gasteiger partial charge in [0.1, 0.15) is 18.2 Å². The molecular weight excluding hydrogens is 1070 g/mol. The summed E-state index contributed by atoms with van der Waals surface area (Å²) in [5.41, 5.74) is -1.24. The summed E-state index contributed by atoms with van der Waals surface area (Å²) in [6.07, 6.45) is 2.96. The van der Waals surface area contributed by atoms with Crippen LogP contribution in [0.25, 0.3) is 0 Å². The van der Waals surface area contributed by atoms with Crippen LogP contribution in [0.1, 0.15) is 182 Å². The summed E-state index contributed by atoms with van der Waals surface area (Å²) in [6.45, 7) is 31.2. The molecule has 1 unspecified atom stereocenters. The number of Topliss-reactive ketones (excluding diaryl/α,β-unsaturated/α-hetero) is 4. The van der Waals surface area contributed by atoms with Crippen molar-refractivity contribution >= 4 is 64.5 Å². The maximum absolute atomic E-state index is 15.0. The first-order valence-corrected chi connectivity index (χ1v) is 30.8. The van der Waals surface area contributed by atoms with Gasteiger partial charge in [-0.05, 0) is 81.5 Å². The molecule has 0 spiro atoms. The Morgan fingerprint density at radius 1 is 0.583 bits per heavy atom. The second-order valence-corrected chi connectivity index (χ2v) is 27.1. The fourth-order valence-corrected chi connectivity index (χ4v) is 11.9. The molecule has 2 aliphatic rings. The molecule has 0 bridgehead atoms. The molecule has 478 valence electrons. The van der Waals surface area contributed by atoms with Gasteiger partial charge in [0.2, 0.25) is 35.4 Å². The third-order valence-corrected chi connectivity index (χ3v) is 17.0. The van der Waals surface area contributed by atoms with Crippen molar-refractivity contribution in [3.63, 3.8) is 0 Å². The fraction of sp³-hybridized carbons (Fsp3) is 0.797. The van der Waals surface area contributed by atoms with E-state index in [9.17, 15) is 57.8 Å². The van der Waals surface area contributed by atoms with Crippen molar-refractivity contribution in [2.45, 2.75) is 231 Å². The second kappa shape index (κ2) is 32.9. The van der Waals surface area contributed by atoms with Crippen LogP contribution in [0, 0.1) is 64.6 Å². The number of allylic oxidation sites excluding steroid dienone is 2. The number of hydrogen-bond acceptors (Lipinski definition) is 13. The topological polar surface area (TPSA) is 257 Å². The van der Waals surface area contributed by atoms with Crippen LogP contribution in [0.2, 0.25) is 0 Å². The Morgan fingerprint density at radius 2 is 1.10 bits per heavy atom. The minimum absolute atomic E-state index is 0.0814. The standard InChI is InChI=1S/C64H109N7O13/c1-23-25-26-40(13)55-54-58(78)66-46(24-2)49(73)31-42(15)59(79)70(22)56(64(17,18)34-72)52(76)33-45(38(9)10)62(82)68(20)47(28-36(5)6)50(74)30-41(14)57(77)65-43(16)60(80)67(19)48(29-37(7)8)51(75)32-44(27-35(3)4)61(81)69(21)53(39(11)12)63(83)71(54)84-55/h23,25,35-48,53-56,72H,24,26-34H2,1-22H3,(H,65,77)(H,66,78)/b25-23+/t40-,41-,42+,43-,44-,45+,46+,47+,48+,53+,54+,55?,56-/m1/s1. The number of likely N-dealkylation sites (N-methyl/N-ethyl adjacent to an activating group) is 4. The molecule has 20 heteroatoms. The molecule has 13 atom stereocenters. The van der Waals surface area contributed by atoms with Crippen LogP contribution >= 0.6 is 0 Å². The summed E-state index contributed by atoms with van der Waals surface area (Å²) in [6, 6.07) is -7.98. The number of amides is 7. The van der Waals surface area contributed by atoms with Gasteiger partial charge in [-0.15, -0.1) is 0 Å². The van der Waals surface area contributed by atoms with E-state index in [0.717, 1.165) is 5.06 Å². The van der Waals surface area contributed by atoms with Gasteiger partial charge in [0.15, 0.2) is 29.2 Å². The van der Waals surface area contributed by atoms with Crippen LogP contribution in [0.3, 0.4) is 0 Å². The molecule has 2 aliphatic heterocycles. The van der Waals surface area contributed by atoms with Gasteiger partial charge in [0.05, 0.1) is 30.8 Å². The summed E-state index contributed by atoms with van der Waals surface area (Å²) in [5, 5.41) is 17.3. The molecule has 2 rings (SSSR count). The smallest absolute Gasteiger partial charge is 0.270 e. The van der Waals surface area contributed by atoms with E-state index in [2.05, 4.69) is 10.6 Å². The highest BCUT2D eigenvalue weighted by atomic mass is 16.7. The number of aliphatic hydroxyl groups excluding tert-OH is 1. The van der Waals surface area contributed by atoms with Gasteiger partial charge in [-0.2, -0.15) is 0 Å². The molecule has 0 aromatic rings. The van der Waals surface area contributed by atoms with Gasteiger partial charge in [0, 0.05) is 83.0 Å². The number of aliphatic hydroxyl groups is 1. The van der Waals surface area contributed by atoms with Crippen LogP contribution in [0.5, 0.6) is 0 Å². The van der Waals surface area contributed by atoms with Gasteiger partial charge < -0.3 is 35.3 Å². The van der Waals surface area contributed by atoms with Crippen LogP contribution in [-0.4, -0.2) is 177 Å². The Labute approximate surface area is 503 Å². The first-order valence-electron chi connectivity index (χ1n) is 30.8. The van der Waals surface area contributed by atoms with Gasteiger partial charge in [-0.1, -0.05) is 123 Å².